The van der Waals surface area contributed by atoms with E-state index >= 15 is 0 Å². The Morgan fingerprint density at radius 3 is 2.39 bits per heavy atom. The monoisotopic (exact) mass is 355 g/mol. The standard InChI is InChI=1S/C15H19Cl2N5O/c1-20-13(10(16)8-18-20)12-6-4-3-5-7-22(12)15(23)14-11(17)9-19-21(14)2/h8-9,12H,3-7H2,1-2H3. The van der Waals surface area contributed by atoms with Crippen LogP contribution < -0.4 is 0 Å². The summed E-state index contributed by atoms with van der Waals surface area (Å²) in [5, 5.41) is 9.25. The van der Waals surface area contributed by atoms with Gasteiger partial charge in [0.2, 0.25) is 0 Å². The van der Waals surface area contributed by atoms with Crippen LogP contribution in [0, 0.1) is 0 Å². The molecule has 3 rings (SSSR count). The van der Waals surface area contributed by atoms with Crippen molar-refractivity contribution in [3.8, 4) is 0 Å². The molecule has 1 aliphatic heterocycles. The van der Waals surface area contributed by atoms with Gasteiger partial charge < -0.3 is 4.90 Å². The number of carbonyl (C=O) groups excluding carboxylic acids is 1. The molecule has 1 amide bonds. The first-order chi connectivity index (χ1) is 11.0. The Morgan fingerprint density at radius 1 is 1.09 bits per heavy atom. The molecule has 0 aromatic carbocycles. The third kappa shape index (κ3) is 2.97. The van der Waals surface area contributed by atoms with Crippen LogP contribution in [0.2, 0.25) is 10.0 Å². The quantitative estimate of drug-likeness (QED) is 0.830. The average Bonchev–Trinajstić information content (AvgIpc) is 2.92. The molecule has 1 fully saturated rings. The highest BCUT2D eigenvalue weighted by atomic mass is 35.5. The predicted octanol–water partition coefficient (Wildman–Crippen LogP) is 3.22. The highest BCUT2D eigenvalue weighted by Crippen LogP contribution is 2.35. The lowest BCUT2D eigenvalue weighted by Gasteiger charge is -2.30. The van der Waals surface area contributed by atoms with Crippen LogP contribution in [0.1, 0.15) is 47.9 Å². The summed E-state index contributed by atoms with van der Waals surface area (Å²) in [5.41, 5.74) is 1.29. The summed E-state index contributed by atoms with van der Waals surface area (Å²) in [7, 11) is 3.58. The molecule has 1 saturated heterocycles. The van der Waals surface area contributed by atoms with Gasteiger partial charge in [-0.1, -0.05) is 36.0 Å². The van der Waals surface area contributed by atoms with E-state index in [1.165, 1.54) is 10.9 Å². The van der Waals surface area contributed by atoms with E-state index in [0.29, 0.717) is 22.3 Å². The number of aromatic nitrogens is 4. The molecule has 2 aromatic rings. The SMILES string of the molecule is Cn1ncc(Cl)c1C(=O)N1CCCCCC1c1c(Cl)cnn1C. The van der Waals surface area contributed by atoms with Crippen molar-refractivity contribution in [2.75, 3.05) is 6.54 Å². The van der Waals surface area contributed by atoms with Crippen LogP contribution in [-0.2, 0) is 14.1 Å². The Hall–Kier alpha value is -1.53. The summed E-state index contributed by atoms with van der Waals surface area (Å²) in [4.78, 5) is 15.0. The third-order valence-corrected chi connectivity index (χ3v) is 4.93. The molecule has 1 atom stereocenters. The molecule has 0 bridgehead atoms. The first kappa shape index (κ1) is 16.3. The van der Waals surface area contributed by atoms with Crippen LogP contribution in [0.3, 0.4) is 0 Å². The van der Waals surface area contributed by atoms with E-state index in [2.05, 4.69) is 10.2 Å². The van der Waals surface area contributed by atoms with E-state index in [4.69, 9.17) is 23.2 Å². The fourth-order valence-corrected chi connectivity index (χ4v) is 3.76. The highest BCUT2D eigenvalue weighted by molar-refractivity contribution is 6.33. The van der Waals surface area contributed by atoms with Crippen molar-refractivity contribution >= 4 is 29.1 Å². The second-order valence-corrected chi connectivity index (χ2v) is 6.64. The number of aryl methyl sites for hydroxylation is 2. The van der Waals surface area contributed by atoms with Crippen LogP contribution in [0.15, 0.2) is 12.4 Å². The predicted molar refractivity (Wildman–Crippen MR) is 88.7 cm³/mol. The van der Waals surface area contributed by atoms with Crippen LogP contribution >= 0.6 is 23.2 Å². The Bertz CT molecular complexity index is 685. The Morgan fingerprint density at radius 2 is 1.78 bits per heavy atom. The van der Waals surface area contributed by atoms with Gasteiger partial charge in [0.05, 0.1) is 34.2 Å². The summed E-state index contributed by atoms with van der Waals surface area (Å²) >= 11 is 12.5. The number of nitrogens with zero attached hydrogens (tertiary/aromatic N) is 5. The van der Waals surface area contributed by atoms with Gasteiger partial charge in [-0.2, -0.15) is 10.2 Å². The molecule has 3 heterocycles. The van der Waals surface area contributed by atoms with Crippen LogP contribution in [-0.4, -0.2) is 36.9 Å². The molecule has 6 nitrogen and oxygen atoms in total. The van der Waals surface area contributed by atoms with E-state index in [9.17, 15) is 4.79 Å². The summed E-state index contributed by atoms with van der Waals surface area (Å²) < 4.78 is 3.28. The van der Waals surface area contributed by atoms with E-state index < -0.39 is 0 Å². The minimum atomic E-state index is -0.112. The molecular weight excluding hydrogens is 337 g/mol. The van der Waals surface area contributed by atoms with Crippen molar-refractivity contribution < 1.29 is 4.79 Å². The smallest absolute Gasteiger partial charge is 0.274 e. The Kier molecular flexibility index (Phi) is 4.64. The number of hydrogen-bond acceptors (Lipinski definition) is 3. The molecule has 1 unspecified atom stereocenters. The molecule has 0 saturated carbocycles. The summed E-state index contributed by atoms with van der Waals surface area (Å²) in [5.74, 6) is -0.112. The van der Waals surface area contributed by atoms with Gasteiger partial charge in [-0.25, -0.2) is 0 Å². The van der Waals surface area contributed by atoms with Crippen molar-refractivity contribution in [3.63, 3.8) is 0 Å². The van der Waals surface area contributed by atoms with Crippen molar-refractivity contribution in [1.82, 2.24) is 24.5 Å². The van der Waals surface area contributed by atoms with Crippen molar-refractivity contribution in [2.45, 2.75) is 31.7 Å². The van der Waals surface area contributed by atoms with E-state index in [0.717, 1.165) is 31.4 Å². The van der Waals surface area contributed by atoms with Crippen LogP contribution in [0.25, 0.3) is 0 Å². The Balaban J connectivity index is 2.01. The topological polar surface area (TPSA) is 56.0 Å². The van der Waals surface area contributed by atoms with Crippen LogP contribution in [0.4, 0.5) is 0 Å². The van der Waals surface area contributed by atoms with Gasteiger partial charge in [0, 0.05) is 20.6 Å². The molecule has 0 radical (unpaired) electrons. The number of rotatable bonds is 2. The lowest BCUT2D eigenvalue weighted by molar-refractivity contribution is 0.0662. The molecule has 124 valence electrons. The van der Waals surface area contributed by atoms with Crippen molar-refractivity contribution in [3.05, 3.63) is 33.8 Å². The zero-order valence-electron chi connectivity index (χ0n) is 13.2. The maximum absolute atomic E-state index is 13.1. The first-order valence-corrected chi connectivity index (χ1v) is 8.42. The van der Waals surface area contributed by atoms with Gasteiger partial charge in [-0.3, -0.25) is 14.2 Å². The molecule has 0 N–H and O–H groups in total. The molecular formula is C15H19Cl2N5O. The lowest BCUT2D eigenvalue weighted by Crippen LogP contribution is -2.37. The molecule has 0 aliphatic carbocycles. The highest BCUT2D eigenvalue weighted by Gasteiger charge is 2.33. The second kappa shape index (κ2) is 6.53. The first-order valence-electron chi connectivity index (χ1n) is 7.66. The fraction of sp³-hybridized carbons (Fsp3) is 0.533. The maximum atomic E-state index is 13.1. The van der Waals surface area contributed by atoms with Crippen molar-refractivity contribution in [2.24, 2.45) is 14.1 Å². The fourth-order valence-electron chi connectivity index (χ4n) is 3.22. The minimum absolute atomic E-state index is 0.101. The number of halogens is 2. The lowest BCUT2D eigenvalue weighted by atomic mass is 10.1. The molecule has 2 aromatic heterocycles. The zero-order chi connectivity index (χ0) is 16.6. The minimum Gasteiger partial charge on any atom is -0.329 e. The number of carbonyl (C=O) groups is 1. The molecule has 0 spiro atoms. The van der Waals surface area contributed by atoms with Gasteiger partial charge in [0.25, 0.3) is 5.91 Å². The maximum Gasteiger partial charge on any atom is 0.274 e. The van der Waals surface area contributed by atoms with Gasteiger partial charge in [-0.05, 0) is 12.8 Å². The van der Waals surface area contributed by atoms with Crippen LogP contribution in [0.5, 0.6) is 0 Å². The summed E-state index contributed by atoms with van der Waals surface area (Å²) in [6.45, 7) is 0.673. The molecule has 23 heavy (non-hydrogen) atoms. The second-order valence-electron chi connectivity index (χ2n) is 5.83. The van der Waals surface area contributed by atoms with Crippen molar-refractivity contribution in [1.29, 1.82) is 0 Å². The van der Waals surface area contributed by atoms with Gasteiger partial charge in [-0.15, -0.1) is 0 Å². The van der Waals surface area contributed by atoms with Gasteiger partial charge in [0.15, 0.2) is 0 Å². The average molecular weight is 356 g/mol. The zero-order valence-corrected chi connectivity index (χ0v) is 14.7. The number of hydrogen-bond donors (Lipinski definition) is 0. The van der Waals surface area contributed by atoms with E-state index in [1.54, 1.807) is 17.9 Å². The summed E-state index contributed by atoms with van der Waals surface area (Å²) in [6.07, 6.45) is 7.09. The van der Waals surface area contributed by atoms with E-state index in [-0.39, 0.29) is 11.9 Å². The molecule has 1 aliphatic rings. The number of amides is 1. The van der Waals surface area contributed by atoms with Gasteiger partial charge in [0.1, 0.15) is 5.69 Å². The normalized spacial score (nSPS) is 19.0. The summed E-state index contributed by atoms with van der Waals surface area (Å²) in [6, 6.07) is -0.101. The Labute approximate surface area is 145 Å². The van der Waals surface area contributed by atoms with Gasteiger partial charge >= 0.3 is 0 Å². The third-order valence-electron chi connectivity index (χ3n) is 4.36. The number of likely N-dealkylation sites (tertiary alicyclic amines) is 1. The largest absolute Gasteiger partial charge is 0.329 e. The molecule has 8 heteroatoms. The van der Waals surface area contributed by atoms with E-state index in [1.807, 2.05) is 11.9 Å².